The summed E-state index contributed by atoms with van der Waals surface area (Å²) in [6.45, 7) is 0. The van der Waals surface area contributed by atoms with Gasteiger partial charge in [-0.05, 0) is 88.0 Å². The van der Waals surface area contributed by atoms with E-state index < -0.39 is 0 Å². The quantitative estimate of drug-likeness (QED) is 0.184. The summed E-state index contributed by atoms with van der Waals surface area (Å²) in [7, 11) is 0. The van der Waals surface area contributed by atoms with Crippen molar-refractivity contribution in [3.8, 4) is 44.7 Å². The van der Waals surface area contributed by atoms with Gasteiger partial charge >= 0.3 is 0 Å². The lowest BCUT2D eigenvalue weighted by molar-refractivity contribution is 0.631. The lowest BCUT2D eigenvalue weighted by atomic mass is 9.99. The molecule has 0 aliphatic rings. The number of fused-ring (bicyclic) bond motifs is 1. The summed E-state index contributed by atoms with van der Waals surface area (Å²) in [5.41, 5.74) is 12.3. The molecule has 0 fully saturated rings. The molecule has 2 nitrogen and oxygen atoms in total. The van der Waals surface area contributed by atoms with Crippen molar-refractivity contribution in [1.82, 2.24) is 0 Å². The van der Waals surface area contributed by atoms with Crippen molar-refractivity contribution in [3.63, 3.8) is 0 Å². The number of nitrogens with zero attached hydrogens (tertiary/aromatic N) is 1. The Balaban J connectivity index is 1.18. The summed E-state index contributed by atoms with van der Waals surface area (Å²) in [6.07, 6.45) is 0. The number of benzene rings is 7. The predicted molar refractivity (Wildman–Crippen MR) is 193 cm³/mol. The fraction of sp³-hybridized carbons (Fsp3) is 0. The van der Waals surface area contributed by atoms with Crippen LogP contribution in [0.2, 0.25) is 0 Å². The molecular weight excluding hydrogens is 558 g/mol. The summed E-state index contributed by atoms with van der Waals surface area (Å²) < 4.78 is 6.25. The highest BCUT2D eigenvalue weighted by molar-refractivity contribution is 5.85. The van der Waals surface area contributed by atoms with Crippen LogP contribution >= 0.6 is 0 Å². The van der Waals surface area contributed by atoms with E-state index in [4.69, 9.17) is 4.42 Å². The number of para-hydroxylation sites is 1. The van der Waals surface area contributed by atoms with Crippen LogP contribution in [0.25, 0.3) is 55.7 Å². The minimum absolute atomic E-state index is 0.857. The van der Waals surface area contributed by atoms with Gasteiger partial charge in [0.15, 0.2) is 0 Å². The predicted octanol–water partition coefficient (Wildman–Crippen LogP) is 12.6. The Kier molecular flexibility index (Phi) is 7.22. The zero-order valence-corrected chi connectivity index (χ0v) is 25.3. The van der Waals surface area contributed by atoms with E-state index in [2.05, 4.69) is 175 Å². The monoisotopic (exact) mass is 589 g/mol. The summed E-state index contributed by atoms with van der Waals surface area (Å²) in [5, 5.41) is 1.10. The minimum Gasteiger partial charge on any atom is -0.456 e. The van der Waals surface area contributed by atoms with E-state index in [1.54, 1.807) is 0 Å². The number of furan rings is 1. The second-order valence-corrected chi connectivity index (χ2v) is 11.4. The molecule has 8 aromatic rings. The molecule has 46 heavy (non-hydrogen) atoms. The Morgan fingerprint density at radius 1 is 0.304 bits per heavy atom. The van der Waals surface area contributed by atoms with Gasteiger partial charge in [0.05, 0.1) is 0 Å². The average Bonchev–Trinajstić information content (AvgIpc) is 3.58. The maximum Gasteiger partial charge on any atom is 0.135 e. The summed E-state index contributed by atoms with van der Waals surface area (Å²) in [4.78, 5) is 2.31. The molecule has 0 radical (unpaired) electrons. The van der Waals surface area contributed by atoms with Gasteiger partial charge in [0, 0.05) is 28.0 Å². The molecule has 0 atom stereocenters. The third-order valence-electron chi connectivity index (χ3n) is 8.48. The first kappa shape index (κ1) is 27.4. The topological polar surface area (TPSA) is 16.4 Å². The number of rotatable bonds is 7. The van der Waals surface area contributed by atoms with Crippen LogP contribution in [0.3, 0.4) is 0 Å². The molecule has 0 N–H and O–H groups in total. The largest absolute Gasteiger partial charge is 0.456 e. The summed E-state index contributed by atoms with van der Waals surface area (Å²) in [5.74, 6) is 0.857. The van der Waals surface area contributed by atoms with Crippen LogP contribution in [0.15, 0.2) is 192 Å². The van der Waals surface area contributed by atoms with E-state index in [0.717, 1.165) is 39.4 Å². The fourth-order valence-electron chi connectivity index (χ4n) is 6.12. The van der Waals surface area contributed by atoms with Crippen molar-refractivity contribution in [3.05, 3.63) is 188 Å². The molecule has 0 saturated carbocycles. The van der Waals surface area contributed by atoms with Crippen LogP contribution in [0.4, 0.5) is 17.1 Å². The zero-order chi connectivity index (χ0) is 30.7. The van der Waals surface area contributed by atoms with Crippen molar-refractivity contribution >= 4 is 28.0 Å². The first-order valence-corrected chi connectivity index (χ1v) is 15.6. The Hall–Kier alpha value is -6.12. The number of hydrogen-bond donors (Lipinski definition) is 0. The van der Waals surface area contributed by atoms with Crippen LogP contribution in [-0.4, -0.2) is 0 Å². The molecule has 0 amide bonds. The average molecular weight is 590 g/mol. The molecule has 1 heterocycles. The lowest BCUT2D eigenvalue weighted by Gasteiger charge is -2.26. The molecule has 218 valence electrons. The van der Waals surface area contributed by atoms with E-state index in [0.29, 0.717) is 0 Å². The van der Waals surface area contributed by atoms with Crippen LogP contribution in [0.1, 0.15) is 0 Å². The van der Waals surface area contributed by atoms with Gasteiger partial charge < -0.3 is 9.32 Å². The second kappa shape index (κ2) is 12.1. The van der Waals surface area contributed by atoms with Crippen molar-refractivity contribution in [2.24, 2.45) is 0 Å². The molecule has 0 bridgehead atoms. The van der Waals surface area contributed by atoms with Crippen molar-refractivity contribution < 1.29 is 4.42 Å². The van der Waals surface area contributed by atoms with Gasteiger partial charge in [0.1, 0.15) is 11.3 Å². The molecule has 1 aromatic heterocycles. The molecule has 0 aliphatic heterocycles. The maximum absolute atomic E-state index is 6.25. The first-order valence-electron chi connectivity index (χ1n) is 15.6. The summed E-state index contributed by atoms with van der Waals surface area (Å²) >= 11 is 0. The number of hydrogen-bond acceptors (Lipinski definition) is 2. The molecular formula is C44H31NO. The molecule has 0 saturated heterocycles. The molecule has 8 rings (SSSR count). The van der Waals surface area contributed by atoms with Gasteiger partial charge in [-0.25, -0.2) is 0 Å². The second-order valence-electron chi connectivity index (χ2n) is 11.4. The molecule has 0 unspecified atom stereocenters. The maximum atomic E-state index is 6.25. The van der Waals surface area contributed by atoms with Crippen molar-refractivity contribution in [2.45, 2.75) is 0 Å². The molecule has 0 spiro atoms. The van der Waals surface area contributed by atoms with Gasteiger partial charge in [-0.15, -0.1) is 0 Å². The van der Waals surface area contributed by atoms with Gasteiger partial charge in [-0.1, -0.05) is 133 Å². The SMILES string of the molecule is c1ccc(-c2ccc(N(c3ccc(-c4cccc(-c5ccccc5)c4)cc3)c3cccc(-c4cc5ccccc5o4)c3)cc2)cc1. The highest BCUT2D eigenvalue weighted by Gasteiger charge is 2.15. The Labute approximate surface area is 269 Å². The van der Waals surface area contributed by atoms with Gasteiger partial charge in [-0.2, -0.15) is 0 Å². The zero-order valence-electron chi connectivity index (χ0n) is 25.3. The van der Waals surface area contributed by atoms with E-state index >= 15 is 0 Å². The smallest absolute Gasteiger partial charge is 0.135 e. The van der Waals surface area contributed by atoms with Crippen LogP contribution in [0.5, 0.6) is 0 Å². The standard InChI is InChI=1S/C44H31NO/c1-3-11-32(12-4-1)34-21-25-40(26-22-34)45(42-19-10-18-38(30-42)44-31-39-15-7-8-20-43(39)46-44)41-27-23-35(24-28-41)37-17-9-16-36(29-37)33-13-5-2-6-14-33/h1-31H. The van der Waals surface area contributed by atoms with E-state index in [-0.39, 0.29) is 0 Å². The lowest BCUT2D eigenvalue weighted by Crippen LogP contribution is -2.10. The highest BCUT2D eigenvalue weighted by atomic mass is 16.3. The third kappa shape index (κ3) is 5.49. The Morgan fingerprint density at radius 2 is 0.783 bits per heavy atom. The molecule has 0 aliphatic carbocycles. The van der Waals surface area contributed by atoms with Gasteiger partial charge in [-0.3, -0.25) is 0 Å². The Morgan fingerprint density at radius 3 is 1.41 bits per heavy atom. The van der Waals surface area contributed by atoms with Crippen LogP contribution in [0, 0.1) is 0 Å². The Bertz CT molecular complexity index is 2200. The molecule has 7 aromatic carbocycles. The first-order chi connectivity index (χ1) is 22.8. The fourth-order valence-corrected chi connectivity index (χ4v) is 6.12. The van der Waals surface area contributed by atoms with Crippen LogP contribution in [-0.2, 0) is 0 Å². The summed E-state index contributed by atoms with van der Waals surface area (Å²) in [6, 6.07) is 66.3. The van der Waals surface area contributed by atoms with Crippen molar-refractivity contribution in [2.75, 3.05) is 4.90 Å². The van der Waals surface area contributed by atoms with E-state index in [1.165, 1.54) is 33.4 Å². The highest BCUT2D eigenvalue weighted by Crippen LogP contribution is 2.39. The number of anilines is 3. The minimum atomic E-state index is 0.857. The van der Waals surface area contributed by atoms with Crippen molar-refractivity contribution in [1.29, 1.82) is 0 Å². The van der Waals surface area contributed by atoms with Crippen LogP contribution < -0.4 is 4.90 Å². The molecule has 2 heteroatoms. The van der Waals surface area contributed by atoms with Gasteiger partial charge in [0.2, 0.25) is 0 Å². The van der Waals surface area contributed by atoms with Gasteiger partial charge in [0.25, 0.3) is 0 Å². The van der Waals surface area contributed by atoms with E-state index in [1.807, 2.05) is 18.2 Å². The normalized spacial score (nSPS) is 11.0. The van der Waals surface area contributed by atoms with E-state index in [9.17, 15) is 0 Å². The third-order valence-corrected chi connectivity index (χ3v) is 8.48.